The van der Waals surface area contributed by atoms with Crippen molar-refractivity contribution in [1.29, 1.82) is 0 Å². The zero-order valence-corrected chi connectivity index (χ0v) is 10.4. The average molecular weight is 248 g/mol. The van der Waals surface area contributed by atoms with Crippen molar-refractivity contribution in [1.82, 2.24) is 4.98 Å². The Bertz CT molecular complexity index is 563. The number of aryl methyl sites for hydroxylation is 1. The van der Waals surface area contributed by atoms with Gasteiger partial charge >= 0.3 is 0 Å². The van der Waals surface area contributed by atoms with Crippen molar-refractivity contribution in [3.63, 3.8) is 0 Å². The lowest BCUT2D eigenvalue weighted by atomic mass is 10.1. The third kappa shape index (κ3) is 2.29. The smallest absolute Gasteiger partial charge is 0.277 e. The Morgan fingerprint density at radius 1 is 1.47 bits per heavy atom. The second-order valence-electron chi connectivity index (χ2n) is 3.61. The van der Waals surface area contributed by atoms with E-state index < -0.39 is 5.91 Å². The van der Waals surface area contributed by atoms with Crippen LogP contribution < -0.4 is 10.5 Å². The zero-order valence-electron chi connectivity index (χ0n) is 9.56. The number of nitrogens with two attached hydrogens (primary N) is 1. The number of methoxy groups -OCH3 is 1. The molecule has 1 heterocycles. The summed E-state index contributed by atoms with van der Waals surface area (Å²) in [6, 6.07) is 5.82. The molecule has 0 aliphatic rings. The van der Waals surface area contributed by atoms with Gasteiger partial charge < -0.3 is 10.5 Å². The normalized spacial score (nSPS) is 10.2. The molecule has 0 saturated carbocycles. The number of carbonyl (C=O) groups is 1. The summed E-state index contributed by atoms with van der Waals surface area (Å²) in [4.78, 5) is 15.2. The van der Waals surface area contributed by atoms with E-state index in [1.165, 1.54) is 11.3 Å². The Labute approximate surface area is 103 Å². The van der Waals surface area contributed by atoms with Gasteiger partial charge in [-0.15, -0.1) is 11.3 Å². The Kier molecular flexibility index (Phi) is 3.10. The van der Waals surface area contributed by atoms with Gasteiger partial charge in [0.15, 0.2) is 5.01 Å². The number of primary amides is 1. The maximum Gasteiger partial charge on any atom is 0.277 e. The van der Waals surface area contributed by atoms with E-state index in [-0.39, 0.29) is 0 Å². The molecule has 1 aromatic heterocycles. The van der Waals surface area contributed by atoms with E-state index in [4.69, 9.17) is 10.5 Å². The van der Waals surface area contributed by atoms with Gasteiger partial charge in [0.05, 0.1) is 12.8 Å². The van der Waals surface area contributed by atoms with Gasteiger partial charge in [0, 0.05) is 10.9 Å². The van der Waals surface area contributed by atoms with E-state index in [1.54, 1.807) is 12.5 Å². The minimum atomic E-state index is -0.507. The third-order valence-corrected chi connectivity index (χ3v) is 3.20. The molecule has 2 rings (SSSR count). The van der Waals surface area contributed by atoms with Crippen LogP contribution in [0, 0.1) is 6.92 Å². The quantitative estimate of drug-likeness (QED) is 0.905. The molecule has 4 nitrogen and oxygen atoms in total. The van der Waals surface area contributed by atoms with Crippen LogP contribution in [0.4, 0.5) is 0 Å². The summed E-state index contributed by atoms with van der Waals surface area (Å²) < 4.78 is 5.27. The molecular weight excluding hydrogens is 236 g/mol. The number of benzene rings is 1. The lowest BCUT2D eigenvalue weighted by Crippen LogP contribution is -2.10. The lowest BCUT2D eigenvalue weighted by molar-refractivity contribution is 0.1000. The fourth-order valence-corrected chi connectivity index (χ4v) is 2.20. The maximum atomic E-state index is 11.0. The molecule has 88 valence electrons. The number of aromatic nitrogens is 1. The third-order valence-electron chi connectivity index (χ3n) is 2.35. The largest absolute Gasteiger partial charge is 0.496 e. The number of ether oxygens (including phenoxy) is 1. The summed E-state index contributed by atoms with van der Waals surface area (Å²) in [5, 5.41) is 2.11. The predicted molar refractivity (Wildman–Crippen MR) is 67.4 cm³/mol. The van der Waals surface area contributed by atoms with Gasteiger partial charge in [-0.05, 0) is 19.1 Å². The number of amides is 1. The fraction of sp³-hybridized carbons (Fsp3) is 0.167. The molecule has 0 spiro atoms. The first-order chi connectivity index (χ1) is 8.11. The summed E-state index contributed by atoms with van der Waals surface area (Å²) >= 11 is 1.24. The Balaban J connectivity index is 2.51. The number of rotatable bonds is 3. The van der Waals surface area contributed by atoms with Crippen molar-refractivity contribution in [3.05, 3.63) is 34.2 Å². The van der Waals surface area contributed by atoms with Gasteiger partial charge in [0.2, 0.25) is 0 Å². The van der Waals surface area contributed by atoms with E-state index in [2.05, 4.69) is 4.98 Å². The molecule has 0 saturated heterocycles. The Morgan fingerprint density at radius 3 is 2.82 bits per heavy atom. The molecule has 1 aromatic carbocycles. The second kappa shape index (κ2) is 4.55. The monoisotopic (exact) mass is 248 g/mol. The molecule has 0 aliphatic heterocycles. The number of hydrogen-bond acceptors (Lipinski definition) is 4. The van der Waals surface area contributed by atoms with E-state index in [9.17, 15) is 4.79 Å². The first kappa shape index (κ1) is 11.6. The minimum absolute atomic E-state index is 0.309. The molecule has 0 atom stereocenters. The van der Waals surface area contributed by atoms with Crippen LogP contribution in [-0.4, -0.2) is 18.0 Å². The first-order valence-corrected chi connectivity index (χ1v) is 5.90. The lowest BCUT2D eigenvalue weighted by Gasteiger charge is -2.06. The molecule has 0 unspecified atom stereocenters. The highest BCUT2D eigenvalue weighted by molar-refractivity contribution is 7.12. The van der Waals surface area contributed by atoms with Crippen molar-refractivity contribution >= 4 is 17.2 Å². The number of carbonyl (C=O) groups excluding carboxylic acids is 1. The van der Waals surface area contributed by atoms with Crippen LogP contribution >= 0.6 is 11.3 Å². The van der Waals surface area contributed by atoms with E-state index in [1.807, 2.05) is 25.1 Å². The van der Waals surface area contributed by atoms with Crippen LogP contribution in [0.3, 0.4) is 0 Å². The summed E-state index contributed by atoms with van der Waals surface area (Å²) in [5.74, 6) is 0.227. The molecule has 1 amide bonds. The molecule has 17 heavy (non-hydrogen) atoms. The van der Waals surface area contributed by atoms with E-state index in [0.29, 0.717) is 10.7 Å². The highest BCUT2D eigenvalue weighted by Crippen LogP contribution is 2.31. The maximum absolute atomic E-state index is 11.0. The van der Waals surface area contributed by atoms with Crippen LogP contribution in [-0.2, 0) is 0 Å². The zero-order chi connectivity index (χ0) is 12.4. The van der Waals surface area contributed by atoms with Crippen molar-refractivity contribution in [2.24, 2.45) is 5.73 Å². The highest BCUT2D eigenvalue weighted by Gasteiger charge is 2.12. The van der Waals surface area contributed by atoms with Gasteiger partial charge in [-0.25, -0.2) is 4.98 Å². The minimum Gasteiger partial charge on any atom is -0.496 e. The average Bonchev–Trinajstić information content (AvgIpc) is 2.78. The summed E-state index contributed by atoms with van der Waals surface area (Å²) in [7, 11) is 1.61. The van der Waals surface area contributed by atoms with E-state index >= 15 is 0 Å². The van der Waals surface area contributed by atoms with E-state index in [0.717, 1.165) is 16.9 Å². The van der Waals surface area contributed by atoms with Gasteiger partial charge in [-0.3, -0.25) is 4.79 Å². The molecule has 5 heteroatoms. The standard InChI is InChI=1S/C12H12N2O2S/c1-7-3-4-10(16-2)8(5-7)9-6-17-12(14-9)11(13)15/h3-6H,1-2H3,(H2,13,15). The molecule has 0 bridgehead atoms. The predicted octanol–water partition coefficient (Wildman–Crippen LogP) is 2.23. The topological polar surface area (TPSA) is 65.2 Å². The van der Waals surface area contributed by atoms with Crippen LogP contribution in [0.1, 0.15) is 15.4 Å². The summed E-state index contributed by atoms with van der Waals surface area (Å²) in [6.45, 7) is 1.99. The summed E-state index contributed by atoms with van der Waals surface area (Å²) in [6.07, 6.45) is 0. The second-order valence-corrected chi connectivity index (χ2v) is 4.46. The first-order valence-electron chi connectivity index (χ1n) is 5.02. The molecule has 0 fully saturated rings. The summed E-state index contributed by atoms with van der Waals surface area (Å²) in [5.41, 5.74) is 7.87. The van der Waals surface area contributed by atoms with Gasteiger partial charge in [-0.1, -0.05) is 11.6 Å². The van der Waals surface area contributed by atoms with Gasteiger partial charge in [-0.2, -0.15) is 0 Å². The van der Waals surface area contributed by atoms with Gasteiger partial charge in [0.25, 0.3) is 5.91 Å². The molecule has 0 radical (unpaired) electrons. The van der Waals surface area contributed by atoms with Crippen molar-refractivity contribution < 1.29 is 9.53 Å². The van der Waals surface area contributed by atoms with Crippen molar-refractivity contribution in [3.8, 4) is 17.0 Å². The van der Waals surface area contributed by atoms with Crippen LogP contribution in [0.2, 0.25) is 0 Å². The Hall–Kier alpha value is -1.88. The van der Waals surface area contributed by atoms with Crippen LogP contribution in [0.25, 0.3) is 11.3 Å². The molecule has 2 aromatic rings. The highest BCUT2D eigenvalue weighted by atomic mass is 32.1. The fourth-order valence-electron chi connectivity index (χ4n) is 1.53. The van der Waals surface area contributed by atoms with Gasteiger partial charge in [0.1, 0.15) is 5.75 Å². The molecular formula is C12H12N2O2S. The number of nitrogens with zero attached hydrogens (tertiary/aromatic N) is 1. The molecule has 0 aliphatic carbocycles. The number of thiazole rings is 1. The van der Waals surface area contributed by atoms with Crippen molar-refractivity contribution in [2.45, 2.75) is 6.92 Å². The number of hydrogen-bond donors (Lipinski definition) is 1. The van der Waals surface area contributed by atoms with Crippen molar-refractivity contribution in [2.75, 3.05) is 7.11 Å². The Morgan fingerprint density at radius 2 is 2.24 bits per heavy atom. The van der Waals surface area contributed by atoms with Crippen LogP contribution in [0.5, 0.6) is 5.75 Å². The SMILES string of the molecule is COc1ccc(C)cc1-c1csc(C(N)=O)n1. The van der Waals surface area contributed by atoms with Crippen LogP contribution in [0.15, 0.2) is 23.6 Å². The molecule has 2 N–H and O–H groups in total.